The lowest BCUT2D eigenvalue weighted by Gasteiger charge is -2.31. The van der Waals surface area contributed by atoms with Gasteiger partial charge in [-0.25, -0.2) is 0 Å². The Hall–Kier alpha value is -3.48. The summed E-state index contributed by atoms with van der Waals surface area (Å²) >= 11 is 0. The van der Waals surface area contributed by atoms with Crippen molar-refractivity contribution in [1.29, 1.82) is 0 Å². The fourth-order valence-corrected chi connectivity index (χ4v) is 3.05. The third-order valence-electron chi connectivity index (χ3n) is 4.35. The molecule has 2 aromatic rings. The zero-order valence-electron chi connectivity index (χ0n) is 14.8. The number of nitrogens with one attached hydrogen (secondary N) is 2. The van der Waals surface area contributed by atoms with E-state index >= 15 is 0 Å². The van der Waals surface area contributed by atoms with E-state index in [9.17, 15) is 19.2 Å². The van der Waals surface area contributed by atoms with Crippen LogP contribution in [0, 0.1) is 5.92 Å². The minimum atomic E-state index is -1.52. The molecule has 1 atom stereocenters. The highest BCUT2D eigenvalue weighted by Gasteiger charge is 2.43. The van der Waals surface area contributed by atoms with Gasteiger partial charge in [0, 0.05) is 12.1 Å². The van der Waals surface area contributed by atoms with Crippen molar-refractivity contribution in [2.45, 2.75) is 13.3 Å². The SMILES string of the molecule is CCN1C(=O)C(C(=O)NNC(=O)Cc2ccccc2)C(=O)c2ccccc21. The summed E-state index contributed by atoms with van der Waals surface area (Å²) in [5, 5.41) is 0. The Morgan fingerprint density at radius 2 is 1.63 bits per heavy atom. The number of nitrogens with zero attached hydrogens (tertiary/aromatic N) is 1. The fourth-order valence-electron chi connectivity index (χ4n) is 3.05. The number of carbonyl (C=O) groups excluding carboxylic acids is 4. The third-order valence-corrected chi connectivity index (χ3v) is 4.35. The largest absolute Gasteiger partial charge is 0.311 e. The molecule has 1 aliphatic rings. The number of anilines is 1. The Morgan fingerprint density at radius 3 is 2.33 bits per heavy atom. The van der Waals surface area contributed by atoms with Crippen LogP contribution in [0.1, 0.15) is 22.8 Å². The van der Waals surface area contributed by atoms with E-state index in [4.69, 9.17) is 0 Å². The molecule has 138 valence electrons. The van der Waals surface area contributed by atoms with Crippen molar-refractivity contribution in [1.82, 2.24) is 10.9 Å². The lowest BCUT2D eigenvalue weighted by atomic mass is 9.89. The molecule has 3 rings (SSSR count). The van der Waals surface area contributed by atoms with Crippen LogP contribution in [0.3, 0.4) is 0 Å². The van der Waals surface area contributed by atoms with Gasteiger partial charge in [0.05, 0.1) is 12.1 Å². The molecule has 3 amide bonds. The molecule has 27 heavy (non-hydrogen) atoms. The molecule has 7 heteroatoms. The molecule has 0 bridgehead atoms. The summed E-state index contributed by atoms with van der Waals surface area (Å²) in [7, 11) is 0. The van der Waals surface area contributed by atoms with Crippen LogP contribution in [-0.4, -0.2) is 30.0 Å². The Bertz CT molecular complexity index is 895. The maximum Gasteiger partial charge on any atom is 0.258 e. The first kappa shape index (κ1) is 18.3. The number of hydrazine groups is 1. The molecule has 0 aliphatic carbocycles. The minimum absolute atomic E-state index is 0.0671. The van der Waals surface area contributed by atoms with E-state index in [1.54, 1.807) is 55.5 Å². The summed E-state index contributed by atoms with van der Waals surface area (Å²) < 4.78 is 0. The number of benzene rings is 2. The van der Waals surface area contributed by atoms with Crippen LogP contribution in [-0.2, 0) is 20.8 Å². The number of carbonyl (C=O) groups is 4. The monoisotopic (exact) mass is 365 g/mol. The number of hydrogen-bond donors (Lipinski definition) is 2. The van der Waals surface area contributed by atoms with E-state index in [-0.39, 0.29) is 6.42 Å². The van der Waals surface area contributed by atoms with Crippen molar-refractivity contribution in [3.63, 3.8) is 0 Å². The summed E-state index contributed by atoms with van der Waals surface area (Å²) in [6.07, 6.45) is 0.0671. The lowest BCUT2D eigenvalue weighted by molar-refractivity contribution is -0.135. The number of ketones is 1. The van der Waals surface area contributed by atoms with E-state index < -0.39 is 29.4 Å². The Balaban J connectivity index is 1.70. The highest BCUT2D eigenvalue weighted by molar-refractivity contribution is 6.31. The van der Waals surface area contributed by atoms with Crippen molar-refractivity contribution in [3.8, 4) is 0 Å². The molecular formula is C20H19N3O4. The predicted octanol–water partition coefficient (Wildman–Crippen LogP) is 1.24. The van der Waals surface area contributed by atoms with Gasteiger partial charge in [0.1, 0.15) is 0 Å². The maximum atomic E-state index is 12.6. The molecule has 0 radical (unpaired) electrons. The van der Waals surface area contributed by atoms with E-state index in [1.807, 2.05) is 6.07 Å². The van der Waals surface area contributed by atoms with Crippen molar-refractivity contribution in [3.05, 3.63) is 65.7 Å². The van der Waals surface area contributed by atoms with Crippen molar-refractivity contribution in [2.24, 2.45) is 5.92 Å². The zero-order chi connectivity index (χ0) is 19.4. The highest BCUT2D eigenvalue weighted by Crippen LogP contribution is 2.30. The summed E-state index contributed by atoms with van der Waals surface area (Å²) in [6.45, 7) is 2.09. The van der Waals surface area contributed by atoms with Crippen LogP contribution < -0.4 is 15.8 Å². The molecule has 0 aromatic heterocycles. The van der Waals surface area contributed by atoms with Crippen molar-refractivity contribution < 1.29 is 19.2 Å². The van der Waals surface area contributed by atoms with Crippen LogP contribution in [0.15, 0.2) is 54.6 Å². The zero-order valence-corrected chi connectivity index (χ0v) is 14.8. The predicted molar refractivity (Wildman–Crippen MR) is 98.7 cm³/mol. The Morgan fingerprint density at radius 1 is 0.963 bits per heavy atom. The third kappa shape index (κ3) is 3.72. The number of hydrogen-bond acceptors (Lipinski definition) is 4. The Labute approximate surface area is 156 Å². The second-order valence-corrected chi connectivity index (χ2v) is 6.10. The van der Waals surface area contributed by atoms with Gasteiger partial charge in [0.15, 0.2) is 11.7 Å². The van der Waals surface area contributed by atoms with Gasteiger partial charge in [-0.15, -0.1) is 0 Å². The summed E-state index contributed by atoms with van der Waals surface area (Å²) in [6, 6.07) is 15.7. The van der Waals surface area contributed by atoms with E-state index in [0.29, 0.717) is 17.8 Å². The molecule has 0 saturated carbocycles. The van der Waals surface area contributed by atoms with Gasteiger partial charge >= 0.3 is 0 Å². The van der Waals surface area contributed by atoms with Crippen LogP contribution in [0.5, 0.6) is 0 Å². The highest BCUT2D eigenvalue weighted by atomic mass is 16.2. The first-order valence-electron chi connectivity index (χ1n) is 8.60. The first-order valence-corrected chi connectivity index (χ1v) is 8.60. The van der Waals surface area contributed by atoms with Crippen molar-refractivity contribution >= 4 is 29.2 Å². The number of rotatable bonds is 4. The number of para-hydroxylation sites is 1. The average molecular weight is 365 g/mol. The summed E-state index contributed by atoms with van der Waals surface area (Å²) in [5.41, 5.74) is 6.05. The van der Waals surface area contributed by atoms with Gasteiger partial charge in [-0.05, 0) is 24.6 Å². The van der Waals surface area contributed by atoms with E-state index in [0.717, 1.165) is 5.56 Å². The Kier molecular flexibility index (Phi) is 5.30. The van der Waals surface area contributed by atoms with Gasteiger partial charge in [0.25, 0.3) is 5.91 Å². The smallest absolute Gasteiger partial charge is 0.258 e. The second-order valence-electron chi connectivity index (χ2n) is 6.10. The van der Waals surface area contributed by atoms with Gasteiger partial charge in [-0.3, -0.25) is 30.0 Å². The first-order chi connectivity index (χ1) is 13.0. The van der Waals surface area contributed by atoms with Crippen molar-refractivity contribution in [2.75, 3.05) is 11.4 Å². The standard InChI is InChI=1S/C20H19N3O4/c1-2-23-15-11-7-6-10-14(15)18(25)17(20(23)27)19(26)22-21-16(24)12-13-8-4-3-5-9-13/h3-11,17H,2,12H2,1H3,(H,21,24)(H,22,26). The molecule has 2 aromatic carbocycles. The summed E-state index contributed by atoms with van der Waals surface area (Å²) in [4.78, 5) is 51.1. The summed E-state index contributed by atoms with van der Waals surface area (Å²) in [5.74, 6) is -3.99. The normalized spacial score (nSPS) is 15.9. The van der Waals surface area contributed by atoms with Crippen LogP contribution in [0.25, 0.3) is 0 Å². The average Bonchev–Trinajstić information content (AvgIpc) is 2.68. The lowest BCUT2D eigenvalue weighted by Crippen LogP contribution is -2.54. The van der Waals surface area contributed by atoms with Gasteiger partial charge in [-0.1, -0.05) is 42.5 Å². The maximum absolute atomic E-state index is 12.6. The van der Waals surface area contributed by atoms with E-state index in [1.165, 1.54) is 4.90 Å². The van der Waals surface area contributed by atoms with Crippen LogP contribution in [0.2, 0.25) is 0 Å². The molecular weight excluding hydrogens is 346 g/mol. The van der Waals surface area contributed by atoms with Gasteiger partial charge in [0.2, 0.25) is 11.8 Å². The molecule has 2 N–H and O–H groups in total. The second kappa shape index (κ2) is 7.82. The molecule has 0 fully saturated rings. The number of fused-ring (bicyclic) bond motifs is 1. The van der Waals surface area contributed by atoms with Crippen LogP contribution >= 0.6 is 0 Å². The number of amides is 3. The van der Waals surface area contributed by atoms with Gasteiger partial charge in [-0.2, -0.15) is 0 Å². The topological polar surface area (TPSA) is 95.6 Å². The van der Waals surface area contributed by atoms with E-state index in [2.05, 4.69) is 10.9 Å². The quantitative estimate of drug-likeness (QED) is 0.629. The molecule has 1 heterocycles. The molecule has 0 saturated heterocycles. The molecule has 7 nitrogen and oxygen atoms in total. The number of Topliss-reactive ketones (excluding diaryl/α,β-unsaturated/α-hetero) is 1. The fraction of sp³-hybridized carbons (Fsp3) is 0.200. The van der Waals surface area contributed by atoms with Crippen LogP contribution in [0.4, 0.5) is 5.69 Å². The molecule has 0 spiro atoms. The molecule has 1 aliphatic heterocycles. The minimum Gasteiger partial charge on any atom is -0.311 e. The van der Waals surface area contributed by atoms with Gasteiger partial charge < -0.3 is 4.90 Å². The molecule has 1 unspecified atom stereocenters.